The standard InChI is InChI=1S/C14H22N4O2/c15-9-11-1-2-12-14(20-8-7-19-12)13(11)18-5-3-17(10-16)4-6-18/h1-2H,3-10,15-16H2. The number of ether oxygens (including phenoxy) is 2. The maximum Gasteiger partial charge on any atom is 0.184 e. The average Bonchev–Trinajstić information content (AvgIpc) is 2.54. The maximum absolute atomic E-state index is 5.89. The normalized spacial score (nSPS) is 19.2. The second-order valence-corrected chi connectivity index (χ2v) is 5.09. The van der Waals surface area contributed by atoms with Crippen molar-refractivity contribution in [1.29, 1.82) is 0 Å². The van der Waals surface area contributed by atoms with E-state index in [1.54, 1.807) is 0 Å². The Kier molecular flexibility index (Phi) is 3.95. The van der Waals surface area contributed by atoms with Crippen LogP contribution in [0.2, 0.25) is 0 Å². The van der Waals surface area contributed by atoms with Crippen LogP contribution in [0.25, 0.3) is 0 Å². The molecule has 4 N–H and O–H groups in total. The quantitative estimate of drug-likeness (QED) is 0.807. The molecule has 0 aliphatic carbocycles. The molecule has 0 radical (unpaired) electrons. The first-order valence-corrected chi connectivity index (χ1v) is 7.12. The second kappa shape index (κ2) is 5.87. The van der Waals surface area contributed by atoms with Gasteiger partial charge in [-0.2, -0.15) is 0 Å². The van der Waals surface area contributed by atoms with Crippen LogP contribution >= 0.6 is 0 Å². The summed E-state index contributed by atoms with van der Waals surface area (Å²) >= 11 is 0. The lowest BCUT2D eigenvalue weighted by Crippen LogP contribution is -2.48. The van der Waals surface area contributed by atoms with Gasteiger partial charge in [-0.15, -0.1) is 0 Å². The summed E-state index contributed by atoms with van der Waals surface area (Å²) in [6.45, 7) is 6.11. The summed E-state index contributed by atoms with van der Waals surface area (Å²) in [5.41, 5.74) is 13.8. The van der Waals surface area contributed by atoms with E-state index in [1.165, 1.54) is 0 Å². The summed E-state index contributed by atoms with van der Waals surface area (Å²) in [5, 5.41) is 0. The van der Waals surface area contributed by atoms with Crippen LogP contribution in [0.3, 0.4) is 0 Å². The molecule has 0 unspecified atom stereocenters. The molecule has 1 fully saturated rings. The lowest BCUT2D eigenvalue weighted by Gasteiger charge is -2.37. The predicted octanol–water partition coefficient (Wildman–Crippen LogP) is -0.0453. The van der Waals surface area contributed by atoms with Gasteiger partial charge in [0.25, 0.3) is 0 Å². The Morgan fingerprint density at radius 2 is 1.75 bits per heavy atom. The van der Waals surface area contributed by atoms with E-state index >= 15 is 0 Å². The van der Waals surface area contributed by atoms with Crippen molar-refractivity contribution in [3.8, 4) is 11.5 Å². The molecule has 6 nitrogen and oxygen atoms in total. The maximum atomic E-state index is 5.89. The topological polar surface area (TPSA) is 77.0 Å². The Labute approximate surface area is 119 Å². The highest BCUT2D eigenvalue weighted by Crippen LogP contribution is 2.42. The molecule has 20 heavy (non-hydrogen) atoms. The lowest BCUT2D eigenvalue weighted by molar-refractivity contribution is 0.171. The highest BCUT2D eigenvalue weighted by Gasteiger charge is 2.25. The molecule has 0 bridgehead atoms. The van der Waals surface area contributed by atoms with Crippen molar-refractivity contribution < 1.29 is 9.47 Å². The van der Waals surface area contributed by atoms with Crippen LogP contribution in [-0.2, 0) is 6.54 Å². The number of anilines is 1. The lowest BCUT2D eigenvalue weighted by atomic mass is 10.1. The highest BCUT2D eigenvalue weighted by atomic mass is 16.6. The van der Waals surface area contributed by atoms with Crippen molar-refractivity contribution >= 4 is 5.69 Å². The molecule has 0 amide bonds. The fraction of sp³-hybridized carbons (Fsp3) is 0.571. The predicted molar refractivity (Wildman–Crippen MR) is 78.2 cm³/mol. The van der Waals surface area contributed by atoms with Gasteiger partial charge in [0.15, 0.2) is 11.5 Å². The van der Waals surface area contributed by atoms with Crippen molar-refractivity contribution in [3.05, 3.63) is 17.7 Å². The average molecular weight is 278 g/mol. The van der Waals surface area contributed by atoms with Gasteiger partial charge in [0.1, 0.15) is 13.2 Å². The largest absolute Gasteiger partial charge is 0.486 e. The van der Waals surface area contributed by atoms with E-state index in [9.17, 15) is 0 Å². The molecule has 0 aromatic heterocycles. The van der Waals surface area contributed by atoms with E-state index in [0.29, 0.717) is 26.4 Å². The Morgan fingerprint density at radius 1 is 1.00 bits per heavy atom. The van der Waals surface area contributed by atoms with Crippen molar-refractivity contribution in [2.75, 3.05) is 51.0 Å². The summed E-state index contributed by atoms with van der Waals surface area (Å²) in [6.07, 6.45) is 0. The third kappa shape index (κ3) is 2.42. The molecule has 2 heterocycles. The van der Waals surface area contributed by atoms with Crippen LogP contribution in [0.1, 0.15) is 5.56 Å². The fourth-order valence-corrected chi connectivity index (χ4v) is 2.81. The van der Waals surface area contributed by atoms with Crippen LogP contribution in [0, 0.1) is 0 Å². The minimum absolute atomic E-state index is 0.503. The van der Waals surface area contributed by atoms with Gasteiger partial charge >= 0.3 is 0 Å². The number of nitrogens with two attached hydrogens (primary N) is 2. The summed E-state index contributed by atoms with van der Waals surface area (Å²) < 4.78 is 11.5. The zero-order valence-corrected chi connectivity index (χ0v) is 11.7. The van der Waals surface area contributed by atoms with Crippen molar-refractivity contribution in [1.82, 2.24) is 4.90 Å². The van der Waals surface area contributed by atoms with Gasteiger partial charge in [-0.1, -0.05) is 6.07 Å². The summed E-state index contributed by atoms with van der Waals surface area (Å²) in [6, 6.07) is 3.99. The molecule has 1 aromatic carbocycles. The molecule has 0 saturated carbocycles. The van der Waals surface area contributed by atoms with E-state index < -0.39 is 0 Å². The monoisotopic (exact) mass is 278 g/mol. The Hall–Kier alpha value is -1.50. The molecule has 3 rings (SSSR count). The van der Waals surface area contributed by atoms with Crippen LogP contribution in [0.4, 0.5) is 5.69 Å². The number of benzene rings is 1. The number of fused-ring (bicyclic) bond motifs is 1. The Morgan fingerprint density at radius 3 is 2.45 bits per heavy atom. The molecular formula is C14H22N4O2. The summed E-state index contributed by atoms with van der Waals surface area (Å²) in [7, 11) is 0. The molecular weight excluding hydrogens is 256 g/mol. The molecule has 1 aromatic rings. The third-order valence-corrected chi connectivity index (χ3v) is 3.93. The van der Waals surface area contributed by atoms with Gasteiger partial charge in [0, 0.05) is 39.4 Å². The Balaban J connectivity index is 1.91. The molecule has 0 spiro atoms. The second-order valence-electron chi connectivity index (χ2n) is 5.09. The van der Waals surface area contributed by atoms with Crippen LogP contribution in [0.15, 0.2) is 12.1 Å². The van der Waals surface area contributed by atoms with E-state index in [0.717, 1.165) is 48.9 Å². The van der Waals surface area contributed by atoms with E-state index in [-0.39, 0.29) is 0 Å². The number of rotatable bonds is 3. The van der Waals surface area contributed by atoms with Gasteiger partial charge in [0.05, 0.1) is 5.69 Å². The molecule has 2 aliphatic rings. The highest BCUT2D eigenvalue weighted by molar-refractivity contribution is 5.70. The van der Waals surface area contributed by atoms with Crippen molar-refractivity contribution in [3.63, 3.8) is 0 Å². The number of nitrogens with zero attached hydrogens (tertiary/aromatic N) is 2. The SMILES string of the molecule is NCc1ccc2c(c1N1CCN(CN)CC1)OCCO2. The molecule has 2 aliphatic heterocycles. The third-order valence-electron chi connectivity index (χ3n) is 3.93. The summed E-state index contributed by atoms with van der Waals surface area (Å²) in [4.78, 5) is 4.58. The zero-order chi connectivity index (χ0) is 13.9. The minimum Gasteiger partial charge on any atom is -0.486 e. The minimum atomic E-state index is 0.503. The van der Waals surface area contributed by atoms with E-state index in [1.807, 2.05) is 12.1 Å². The van der Waals surface area contributed by atoms with Gasteiger partial charge in [0.2, 0.25) is 0 Å². The smallest absolute Gasteiger partial charge is 0.184 e. The number of hydrogen-bond acceptors (Lipinski definition) is 6. The zero-order valence-electron chi connectivity index (χ0n) is 11.7. The first-order valence-electron chi connectivity index (χ1n) is 7.12. The van der Waals surface area contributed by atoms with Gasteiger partial charge in [-0.3, -0.25) is 4.90 Å². The molecule has 6 heteroatoms. The van der Waals surface area contributed by atoms with Gasteiger partial charge in [-0.25, -0.2) is 0 Å². The van der Waals surface area contributed by atoms with Crippen LogP contribution in [0.5, 0.6) is 11.5 Å². The molecule has 0 atom stereocenters. The van der Waals surface area contributed by atoms with Crippen molar-refractivity contribution in [2.24, 2.45) is 11.5 Å². The van der Waals surface area contributed by atoms with Crippen molar-refractivity contribution in [2.45, 2.75) is 6.54 Å². The van der Waals surface area contributed by atoms with Crippen LogP contribution in [-0.4, -0.2) is 51.0 Å². The first-order chi connectivity index (χ1) is 9.83. The van der Waals surface area contributed by atoms with E-state index in [2.05, 4.69) is 9.80 Å². The Bertz CT molecular complexity index is 472. The number of hydrogen-bond donors (Lipinski definition) is 2. The number of piperazine rings is 1. The fourth-order valence-electron chi connectivity index (χ4n) is 2.81. The summed E-state index contributed by atoms with van der Waals surface area (Å²) in [5.74, 6) is 1.67. The molecule has 110 valence electrons. The van der Waals surface area contributed by atoms with Gasteiger partial charge < -0.3 is 25.8 Å². The van der Waals surface area contributed by atoms with E-state index in [4.69, 9.17) is 20.9 Å². The van der Waals surface area contributed by atoms with Crippen LogP contribution < -0.4 is 25.8 Å². The van der Waals surface area contributed by atoms with Gasteiger partial charge in [-0.05, 0) is 11.6 Å². The first kappa shape index (κ1) is 13.5. The molecule has 1 saturated heterocycles.